The Labute approximate surface area is 209 Å². The van der Waals surface area contributed by atoms with Gasteiger partial charge in [-0.25, -0.2) is 4.79 Å². The van der Waals surface area contributed by atoms with E-state index >= 15 is 0 Å². The minimum Gasteiger partial charge on any atom is -0.423 e. The maximum atomic E-state index is 12.1. The van der Waals surface area contributed by atoms with Crippen molar-refractivity contribution in [3.63, 3.8) is 0 Å². The lowest BCUT2D eigenvalue weighted by Gasteiger charge is -2.27. The van der Waals surface area contributed by atoms with E-state index in [2.05, 4.69) is 84.8 Å². The van der Waals surface area contributed by atoms with Crippen LogP contribution in [0.15, 0.2) is 134 Å². The number of nitrogens with zero attached hydrogens (tertiary/aromatic N) is 1. The van der Waals surface area contributed by atoms with Gasteiger partial charge in [-0.15, -0.1) is 0 Å². The second-order valence-corrected chi connectivity index (χ2v) is 8.72. The Balaban J connectivity index is 1.52. The third-order valence-corrected chi connectivity index (χ3v) is 6.58. The minimum absolute atomic E-state index is 0.221. The van der Waals surface area contributed by atoms with Gasteiger partial charge >= 0.3 is 5.97 Å². The van der Waals surface area contributed by atoms with E-state index in [1.165, 1.54) is 38.4 Å². The average Bonchev–Trinajstić information content (AvgIpc) is 2.93. The van der Waals surface area contributed by atoms with Crippen molar-refractivity contribution in [2.45, 2.75) is 0 Å². The number of rotatable bonds is 6. The standard InChI is InChI=1S/C33H23NO2/c1-3-22(2)33(35)36-28-18-16-27(17-19-28)34(26-10-5-4-6-11-26)30-21-15-25-13-12-23-8-7-9-24-14-20-29(30)32(25)31(23)24/h3-21H,1-2H2. The van der Waals surface area contributed by atoms with Gasteiger partial charge in [-0.3, -0.25) is 0 Å². The largest absolute Gasteiger partial charge is 0.423 e. The maximum Gasteiger partial charge on any atom is 0.342 e. The van der Waals surface area contributed by atoms with Gasteiger partial charge in [0.15, 0.2) is 0 Å². The molecule has 0 amide bonds. The number of carbonyl (C=O) groups excluding carboxylic acids is 1. The Hall–Kier alpha value is -4.89. The molecule has 0 aliphatic carbocycles. The van der Waals surface area contributed by atoms with Crippen molar-refractivity contribution in [3.05, 3.63) is 134 Å². The zero-order valence-corrected chi connectivity index (χ0v) is 19.6. The lowest BCUT2D eigenvalue weighted by molar-refractivity contribution is -0.129. The second-order valence-electron chi connectivity index (χ2n) is 8.72. The smallest absolute Gasteiger partial charge is 0.342 e. The molecule has 6 rings (SSSR count). The second kappa shape index (κ2) is 8.71. The highest BCUT2D eigenvalue weighted by molar-refractivity contribution is 6.25. The van der Waals surface area contributed by atoms with Crippen LogP contribution in [0.5, 0.6) is 5.75 Å². The van der Waals surface area contributed by atoms with Gasteiger partial charge in [0.2, 0.25) is 0 Å². The van der Waals surface area contributed by atoms with Gasteiger partial charge in [0.05, 0.1) is 11.3 Å². The molecule has 0 unspecified atom stereocenters. The van der Waals surface area contributed by atoms with Gasteiger partial charge in [-0.05, 0) is 69.4 Å². The summed E-state index contributed by atoms with van der Waals surface area (Å²) in [5.74, 6) is -0.0559. The summed E-state index contributed by atoms with van der Waals surface area (Å²) in [4.78, 5) is 14.4. The first-order valence-corrected chi connectivity index (χ1v) is 11.8. The molecular weight excluding hydrogens is 442 g/mol. The van der Waals surface area contributed by atoms with Crippen molar-refractivity contribution >= 4 is 55.3 Å². The molecule has 3 heteroatoms. The molecule has 0 aromatic heterocycles. The van der Waals surface area contributed by atoms with E-state index in [1.54, 1.807) is 12.1 Å². The number of hydrogen-bond acceptors (Lipinski definition) is 3. The molecule has 0 N–H and O–H groups in total. The van der Waals surface area contributed by atoms with E-state index in [1.807, 2.05) is 30.3 Å². The predicted molar refractivity (Wildman–Crippen MR) is 150 cm³/mol. The zero-order chi connectivity index (χ0) is 24.6. The van der Waals surface area contributed by atoms with Gasteiger partial charge in [-0.2, -0.15) is 0 Å². The van der Waals surface area contributed by atoms with Crippen LogP contribution in [0.25, 0.3) is 32.3 Å². The zero-order valence-electron chi connectivity index (χ0n) is 19.6. The molecule has 0 aliphatic heterocycles. The quantitative estimate of drug-likeness (QED) is 0.0810. The van der Waals surface area contributed by atoms with Gasteiger partial charge in [0, 0.05) is 16.8 Å². The Morgan fingerprint density at radius 3 is 1.97 bits per heavy atom. The highest BCUT2D eigenvalue weighted by Crippen LogP contribution is 2.43. The van der Waals surface area contributed by atoms with Crippen LogP contribution in [0, 0.1) is 0 Å². The topological polar surface area (TPSA) is 29.5 Å². The summed E-state index contributed by atoms with van der Waals surface area (Å²) in [5, 5.41) is 7.42. The molecule has 0 atom stereocenters. The van der Waals surface area contributed by atoms with Crippen LogP contribution >= 0.6 is 0 Å². The molecule has 0 heterocycles. The number of carbonyl (C=O) groups is 1. The van der Waals surface area contributed by atoms with E-state index in [0.717, 1.165) is 17.1 Å². The highest BCUT2D eigenvalue weighted by Gasteiger charge is 2.18. The van der Waals surface area contributed by atoms with Crippen LogP contribution in [-0.2, 0) is 4.79 Å². The molecule has 0 radical (unpaired) electrons. The van der Waals surface area contributed by atoms with E-state index < -0.39 is 5.97 Å². The van der Waals surface area contributed by atoms with Crippen molar-refractivity contribution in [2.75, 3.05) is 4.90 Å². The van der Waals surface area contributed by atoms with Gasteiger partial charge in [0.1, 0.15) is 5.75 Å². The molecule has 36 heavy (non-hydrogen) atoms. The SMILES string of the molecule is C=CC(=C)C(=O)Oc1ccc(N(c2ccccc2)c2ccc3ccc4cccc5ccc2c3c45)cc1. The molecule has 3 nitrogen and oxygen atoms in total. The minimum atomic E-state index is -0.510. The van der Waals surface area contributed by atoms with Crippen LogP contribution < -0.4 is 9.64 Å². The Bertz CT molecular complexity index is 1730. The summed E-state index contributed by atoms with van der Waals surface area (Å²) in [5.41, 5.74) is 3.30. The number of benzene rings is 6. The lowest BCUT2D eigenvalue weighted by atomic mass is 9.93. The van der Waals surface area contributed by atoms with Crippen molar-refractivity contribution in [1.82, 2.24) is 0 Å². The molecular formula is C33H23NO2. The third-order valence-electron chi connectivity index (χ3n) is 6.58. The summed E-state index contributed by atoms with van der Waals surface area (Å²) in [6.07, 6.45) is 1.39. The van der Waals surface area contributed by atoms with Crippen molar-refractivity contribution in [2.24, 2.45) is 0 Å². The predicted octanol–water partition coefficient (Wildman–Crippen LogP) is 8.70. The Morgan fingerprint density at radius 1 is 0.667 bits per heavy atom. The van der Waals surface area contributed by atoms with E-state index in [4.69, 9.17) is 4.74 Å². The first kappa shape index (κ1) is 21.6. The molecule has 0 aliphatic rings. The number of anilines is 3. The fraction of sp³-hybridized carbons (Fsp3) is 0. The fourth-order valence-corrected chi connectivity index (χ4v) is 4.84. The molecule has 0 bridgehead atoms. The van der Waals surface area contributed by atoms with Gasteiger partial charge in [0.25, 0.3) is 0 Å². The molecule has 172 valence electrons. The number of hydrogen-bond donors (Lipinski definition) is 0. The molecule has 6 aromatic rings. The van der Waals surface area contributed by atoms with Crippen molar-refractivity contribution < 1.29 is 9.53 Å². The van der Waals surface area contributed by atoms with E-state index in [0.29, 0.717) is 5.75 Å². The van der Waals surface area contributed by atoms with E-state index in [9.17, 15) is 4.79 Å². The highest BCUT2D eigenvalue weighted by atomic mass is 16.5. The first-order valence-electron chi connectivity index (χ1n) is 11.8. The third kappa shape index (κ3) is 3.58. The molecule has 0 fully saturated rings. The molecule has 0 saturated carbocycles. The summed E-state index contributed by atoms with van der Waals surface area (Å²) in [7, 11) is 0. The molecule has 0 spiro atoms. The molecule has 6 aromatic carbocycles. The molecule has 0 saturated heterocycles. The van der Waals surface area contributed by atoms with Crippen molar-refractivity contribution in [3.8, 4) is 5.75 Å². The average molecular weight is 466 g/mol. The van der Waals surface area contributed by atoms with Gasteiger partial charge in [-0.1, -0.05) is 86.0 Å². The normalized spacial score (nSPS) is 11.1. The lowest BCUT2D eigenvalue weighted by Crippen LogP contribution is -2.11. The number of esters is 1. The summed E-state index contributed by atoms with van der Waals surface area (Å²) < 4.78 is 5.43. The van der Waals surface area contributed by atoms with E-state index in [-0.39, 0.29) is 5.57 Å². The van der Waals surface area contributed by atoms with Crippen LogP contribution in [0.2, 0.25) is 0 Å². The summed E-state index contributed by atoms with van der Waals surface area (Å²) in [6.45, 7) is 7.23. The van der Waals surface area contributed by atoms with Crippen LogP contribution in [0.3, 0.4) is 0 Å². The number of para-hydroxylation sites is 1. The van der Waals surface area contributed by atoms with Crippen molar-refractivity contribution in [1.29, 1.82) is 0 Å². The monoisotopic (exact) mass is 465 g/mol. The van der Waals surface area contributed by atoms with Crippen LogP contribution in [-0.4, -0.2) is 5.97 Å². The van der Waals surface area contributed by atoms with Crippen LogP contribution in [0.4, 0.5) is 17.1 Å². The fourth-order valence-electron chi connectivity index (χ4n) is 4.84. The number of ether oxygens (including phenoxy) is 1. The Morgan fingerprint density at radius 2 is 1.28 bits per heavy atom. The maximum absolute atomic E-state index is 12.1. The Kier molecular flexibility index (Phi) is 5.24. The van der Waals surface area contributed by atoms with Crippen LogP contribution in [0.1, 0.15) is 0 Å². The summed E-state index contributed by atoms with van der Waals surface area (Å²) >= 11 is 0. The summed E-state index contributed by atoms with van der Waals surface area (Å²) in [6, 6.07) is 37.4. The first-order chi connectivity index (χ1) is 17.6. The van der Waals surface area contributed by atoms with Gasteiger partial charge < -0.3 is 9.64 Å².